The first kappa shape index (κ1) is 21.5. The third-order valence-corrected chi connectivity index (χ3v) is 4.00. The number of nitrogens with one attached hydrogen (secondary N) is 1. The highest BCUT2D eigenvalue weighted by Crippen LogP contribution is 2.08. The molecule has 27 heavy (non-hydrogen) atoms. The van der Waals surface area contributed by atoms with Crippen molar-refractivity contribution < 1.29 is 18.9 Å². The van der Waals surface area contributed by atoms with Crippen molar-refractivity contribution in [2.24, 2.45) is 0 Å². The molecule has 0 fully saturated rings. The Morgan fingerprint density at radius 2 is 1.11 bits per heavy atom. The zero-order chi connectivity index (χ0) is 19.5. The Bertz CT molecular complexity index is 615. The second-order valence-electron chi connectivity index (χ2n) is 6.18. The van der Waals surface area contributed by atoms with Crippen LogP contribution in [0.2, 0.25) is 0 Å². The SMILES string of the molecule is COCc1cc(COC)n(CCNCCn2nc(COC)cc2COC)n1. The van der Waals surface area contributed by atoms with Crippen molar-refractivity contribution in [3.05, 3.63) is 34.9 Å². The lowest BCUT2D eigenvalue weighted by Gasteiger charge is -2.10. The van der Waals surface area contributed by atoms with Gasteiger partial charge in [-0.2, -0.15) is 10.2 Å². The van der Waals surface area contributed by atoms with Crippen molar-refractivity contribution >= 4 is 0 Å². The molecular weight excluding hydrogens is 350 g/mol. The molecule has 0 saturated heterocycles. The van der Waals surface area contributed by atoms with E-state index in [0.717, 1.165) is 49.0 Å². The van der Waals surface area contributed by atoms with Gasteiger partial charge in [0.15, 0.2) is 0 Å². The zero-order valence-corrected chi connectivity index (χ0v) is 16.7. The first-order chi connectivity index (χ1) is 13.2. The molecule has 2 aromatic heterocycles. The Hall–Kier alpha value is -1.78. The maximum Gasteiger partial charge on any atom is 0.0902 e. The van der Waals surface area contributed by atoms with Crippen molar-refractivity contribution in [2.45, 2.75) is 39.5 Å². The second kappa shape index (κ2) is 11.8. The molecule has 0 amide bonds. The molecule has 0 aliphatic rings. The molecular formula is C18H31N5O4. The average Bonchev–Trinajstić information content (AvgIpc) is 3.20. The molecule has 0 saturated carbocycles. The van der Waals surface area contributed by atoms with E-state index in [1.807, 2.05) is 21.5 Å². The second-order valence-corrected chi connectivity index (χ2v) is 6.18. The highest BCUT2D eigenvalue weighted by Gasteiger charge is 2.09. The normalized spacial score (nSPS) is 11.4. The lowest BCUT2D eigenvalue weighted by atomic mass is 10.3. The summed E-state index contributed by atoms with van der Waals surface area (Å²) in [7, 11) is 6.71. The van der Waals surface area contributed by atoms with E-state index in [1.165, 1.54) is 0 Å². The first-order valence-electron chi connectivity index (χ1n) is 8.99. The fourth-order valence-corrected chi connectivity index (χ4v) is 2.88. The van der Waals surface area contributed by atoms with Crippen LogP contribution in [0.1, 0.15) is 22.8 Å². The van der Waals surface area contributed by atoms with E-state index in [0.29, 0.717) is 26.4 Å². The third-order valence-electron chi connectivity index (χ3n) is 4.00. The van der Waals surface area contributed by atoms with Crippen LogP contribution in [0.5, 0.6) is 0 Å². The zero-order valence-electron chi connectivity index (χ0n) is 16.7. The van der Waals surface area contributed by atoms with Gasteiger partial charge in [0, 0.05) is 41.5 Å². The van der Waals surface area contributed by atoms with Crippen LogP contribution in [0, 0.1) is 0 Å². The number of nitrogens with zero attached hydrogens (tertiary/aromatic N) is 4. The van der Waals surface area contributed by atoms with Crippen LogP contribution in [-0.2, 0) is 58.5 Å². The van der Waals surface area contributed by atoms with E-state index in [4.69, 9.17) is 18.9 Å². The molecule has 0 unspecified atom stereocenters. The molecule has 0 aliphatic carbocycles. The van der Waals surface area contributed by atoms with Crippen LogP contribution < -0.4 is 5.32 Å². The number of aromatic nitrogens is 4. The summed E-state index contributed by atoms with van der Waals surface area (Å²) in [5.74, 6) is 0. The van der Waals surface area contributed by atoms with Crippen molar-refractivity contribution in [3.63, 3.8) is 0 Å². The predicted molar refractivity (Wildman–Crippen MR) is 100 cm³/mol. The van der Waals surface area contributed by atoms with Gasteiger partial charge in [-0.05, 0) is 12.1 Å². The van der Waals surface area contributed by atoms with Gasteiger partial charge in [0.2, 0.25) is 0 Å². The lowest BCUT2D eigenvalue weighted by molar-refractivity contribution is 0.175. The lowest BCUT2D eigenvalue weighted by Crippen LogP contribution is -2.26. The summed E-state index contributed by atoms with van der Waals surface area (Å²) in [4.78, 5) is 0. The summed E-state index contributed by atoms with van der Waals surface area (Å²) >= 11 is 0. The van der Waals surface area contributed by atoms with Crippen LogP contribution in [0.25, 0.3) is 0 Å². The number of methoxy groups -OCH3 is 4. The van der Waals surface area contributed by atoms with Crippen LogP contribution in [0.15, 0.2) is 12.1 Å². The number of rotatable bonds is 14. The molecule has 0 aliphatic heterocycles. The topological polar surface area (TPSA) is 84.6 Å². The minimum atomic E-state index is 0.503. The fraction of sp³-hybridized carbons (Fsp3) is 0.667. The minimum Gasteiger partial charge on any atom is -0.378 e. The molecule has 2 rings (SSSR count). The maximum atomic E-state index is 5.25. The Labute approximate surface area is 160 Å². The Morgan fingerprint density at radius 3 is 1.48 bits per heavy atom. The highest BCUT2D eigenvalue weighted by atomic mass is 16.5. The number of ether oxygens (including phenoxy) is 4. The van der Waals surface area contributed by atoms with Gasteiger partial charge in [0.1, 0.15) is 0 Å². The molecule has 9 nitrogen and oxygen atoms in total. The molecule has 1 N–H and O–H groups in total. The van der Waals surface area contributed by atoms with E-state index in [2.05, 4.69) is 15.5 Å². The Morgan fingerprint density at radius 1 is 0.704 bits per heavy atom. The summed E-state index contributed by atoms with van der Waals surface area (Å²) in [5, 5.41) is 12.6. The molecule has 0 atom stereocenters. The van der Waals surface area contributed by atoms with Crippen LogP contribution in [0.3, 0.4) is 0 Å². The highest BCUT2D eigenvalue weighted by molar-refractivity contribution is 5.10. The van der Waals surface area contributed by atoms with Crippen LogP contribution in [-0.4, -0.2) is 61.1 Å². The molecule has 0 bridgehead atoms. The van der Waals surface area contributed by atoms with Crippen LogP contribution >= 0.6 is 0 Å². The summed E-state index contributed by atoms with van der Waals surface area (Å²) in [6.45, 7) is 5.21. The van der Waals surface area contributed by atoms with Gasteiger partial charge in [-0.3, -0.25) is 9.36 Å². The standard InChI is InChI=1S/C18H31N5O4/c1-24-11-15-9-17(13-26-3)22(20-15)7-5-19-6-8-23-18(14-27-4)10-16(21-23)12-25-2/h9-10,19H,5-8,11-14H2,1-4H3. The largest absolute Gasteiger partial charge is 0.378 e. The quantitative estimate of drug-likeness (QED) is 0.488. The van der Waals surface area contributed by atoms with Crippen LogP contribution in [0.4, 0.5) is 0 Å². The molecule has 2 aromatic rings. The molecule has 9 heteroatoms. The van der Waals surface area contributed by atoms with Gasteiger partial charge < -0.3 is 24.3 Å². The summed E-state index contributed by atoms with van der Waals surface area (Å²) in [6, 6.07) is 4.04. The Kier molecular flexibility index (Phi) is 9.43. The minimum absolute atomic E-state index is 0.503. The van der Waals surface area contributed by atoms with E-state index in [9.17, 15) is 0 Å². The van der Waals surface area contributed by atoms with Gasteiger partial charge in [-0.25, -0.2) is 0 Å². The summed E-state index contributed by atoms with van der Waals surface area (Å²) in [5.41, 5.74) is 3.92. The summed E-state index contributed by atoms with van der Waals surface area (Å²) < 4.78 is 24.7. The van der Waals surface area contributed by atoms with Gasteiger partial charge in [-0.15, -0.1) is 0 Å². The molecule has 0 radical (unpaired) electrons. The first-order valence-corrected chi connectivity index (χ1v) is 8.99. The van der Waals surface area contributed by atoms with E-state index < -0.39 is 0 Å². The average molecular weight is 381 g/mol. The van der Waals surface area contributed by atoms with E-state index in [-0.39, 0.29) is 0 Å². The number of hydrogen-bond donors (Lipinski definition) is 1. The van der Waals surface area contributed by atoms with Crippen molar-refractivity contribution in [2.75, 3.05) is 41.5 Å². The number of hydrogen-bond acceptors (Lipinski definition) is 7. The third kappa shape index (κ3) is 6.71. The molecule has 0 aromatic carbocycles. The summed E-state index contributed by atoms with van der Waals surface area (Å²) in [6.07, 6.45) is 0. The fourth-order valence-electron chi connectivity index (χ4n) is 2.88. The molecule has 0 spiro atoms. The van der Waals surface area contributed by atoms with E-state index in [1.54, 1.807) is 28.4 Å². The molecule has 152 valence electrons. The van der Waals surface area contributed by atoms with E-state index >= 15 is 0 Å². The van der Waals surface area contributed by atoms with Crippen molar-refractivity contribution in [3.8, 4) is 0 Å². The predicted octanol–water partition coefficient (Wildman–Crippen LogP) is 0.955. The maximum absolute atomic E-state index is 5.25. The van der Waals surface area contributed by atoms with Crippen molar-refractivity contribution in [1.29, 1.82) is 0 Å². The van der Waals surface area contributed by atoms with Gasteiger partial charge >= 0.3 is 0 Å². The molecule has 2 heterocycles. The Balaban J connectivity index is 1.82. The van der Waals surface area contributed by atoms with Crippen molar-refractivity contribution in [1.82, 2.24) is 24.9 Å². The smallest absolute Gasteiger partial charge is 0.0902 e. The van der Waals surface area contributed by atoms with Gasteiger partial charge in [-0.1, -0.05) is 0 Å². The van der Waals surface area contributed by atoms with Gasteiger partial charge in [0.05, 0.1) is 62.3 Å². The van der Waals surface area contributed by atoms with Gasteiger partial charge in [0.25, 0.3) is 0 Å². The monoisotopic (exact) mass is 381 g/mol.